The smallest absolute Gasteiger partial charge is 0.251 e. The van der Waals surface area contributed by atoms with Crippen molar-refractivity contribution in [3.05, 3.63) is 95.8 Å². The van der Waals surface area contributed by atoms with Crippen LogP contribution >= 0.6 is 0 Å². The Hall–Kier alpha value is -3.67. The predicted octanol–water partition coefficient (Wildman–Crippen LogP) is 5.13. The highest BCUT2D eigenvalue weighted by molar-refractivity contribution is 5.94. The molecule has 6 heteroatoms. The molecule has 2 aliphatic heterocycles. The van der Waals surface area contributed by atoms with Crippen molar-refractivity contribution in [2.24, 2.45) is 11.8 Å². The molecule has 6 rings (SSSR count). The topological polar surface area (TPSA) is 74.3 Å². The van der Waals surface area contributed by atoms with Crippen LogP contribution < -0.4 is 10.6 Å². The summed E-state index contributed by atoms with van der Waals surface area (Å²) in [5, 5.41) is 6.93. The van der Waals surface area contributed by atoms with Crippen molar-refractivity contribution in [2.45, 2.75) is 50.2 Å². The van der Waals surface area contributed by atoms with Crippen LogP contribution in [0.2, 0.25) is 0 Å². The molecule has 1 aromatic heterocycles. The first kappa shape index (κ1) is 22.8. The van der Waals surface area contributed by atoms with Gasteiger partial charge in [0.1, 0.15) is 0 Å². The summed E-state index contributed by atoms with van der Waals surface area (Å²) in [6, 6.07) is 23.6. The van der Waals surface area contributed by atoms with E-state index in [0.29, 0.717) is 5.56 Å². The number of aromatic nitrogens is 1. The molecular weight excluding hydrogens is 448 g/mol. The second-order valence-electron chi connectivity index (χ2n) is 10.2. The lowest BCUT2D eigenvalue weighted by molar-refractivity contribution is -0.138. The molecule has 2 fully saturated rings. The van der Waals surface area contributed by atoms with Gasteiger partial charge in [-0.25, -0.2) is 0 Å². The Balaban J connectivity index is 1.28. The van der Waals surface area contributed by atoms with Crippen molar-refractivity contribution in [3.8, 4) is 0 Å². The molecule has 184 valence electrons. The van der Waals surface area contributed by atoms with Crippen molar-refractivity contribution >= 4 is 17.5 Å². The third-order valence-electron chi connectivity index (χ3n) is 8.19. The fraction of sp³-hybridized carbons (Fsp3) is 0.367. The van der Waals surface area contributed by atoms with Crippen LogP contribution in [-0.4, -0.2) is 34.3 Å². The molecule has 2 N–H and O–H groups in total. The Morgan fingerprint density at radius 3 is 2.50 bits per heavy atom. The summed E-state index contributed by atoms with van der Waals surface area (Å²) in [4.78, 5) is 33.9. The van der Waals surface area contributed by atoms with Gasteiger partial charge in [-0.05, 0) is 55.2 Å². The SMILES string of the molecule is O=C(NC1CCCC[C@@H]1C(=O)N1CC[C@@H]2[C@H](c3ccccn3)Nc3ccccc3[C@@H]21)c1ccccc1. The Morgan fingerprint density at radius 1 is 0.889 bits per heavy atom. The lowest BCUT2D eigenvalue weighted by Crippen LogP contribution is -2.50. The van der Waals surface area contributed by atoms with Gasteiger partial charge in [0, 0.05) is 36.0 Å². The Labute approximate surface area is 212 Å². The van der Waals surface area contributed by atoms with Crippen molar-refractivity contribution in [2.75, 3.05) is 11.9 Å². The molecule has 5 atom stereocenters. The normalized spacial score (nSPS) is 26.9. The van der Waals surface area contributed by atoms with Gasteiger partial charge in [-0.2, -0.15) is 0 Å². The maximum absolute atomic E-state index is 14.2. The second-order valence-corrected chi connectivity index (χ2v) is 10.2. The molecule has 2 amide bonds. The third kappa shape index (κ3) is 4.15. The summed E-state index contributed by atoms with van der Waals surface area (Å²) in [6.07, 6.45) is 6.47. The van der Waals surface area contributed by atoms with E-state index in [0.717, 1.165) is 50.0 Å². The monoisotopic (exact) mass is 480 g/mol. The first-order chi connectivity index (χ1) is 17.7. The van der Waals surface area contributed by atoms with Gasteiger partial charge >= 0.3 is 0 Å². The van der Waals surface area contributed by atoms with Crippen LogP contribution in [0.1, 0.15) is 65.8 Å². The minimum Gasteiger partial charge on any atom is -0.376 e. The zero-order chi connectivity index (χ0) is 24.5. The molecule has 3 aromatic rings. The molecule has 1 saturated carbocycles. The van der Waals surface area contributed by atoms with Gasteiger partial charge in [-0.3, -0.25) is 14.6 Å². The molecule has 1 saturated heterocycles. The van der Waals surface area contributed by atoms with Crippen molar-refractivity contribution in [3.63, 3.8) is 0 Å². The molecule has 2 aromatic carbocycles. The summed E-state index contributed by atoms with van der Waals surface area (Å²) >= 11 is 0. The molecule has 6 nitrogen and oxygen atoms in total. The van der Waals surface area contributed by atoms with Crippen LogP contribution in [0.5, 0.6) is 0 Å². The minimum atomic E-state index is -0.194. The number of para-hydroxylation sites is 1. The highest BCUT2D eigenvalue weighted by atomic mass is 16.2. The van der Waals surface area contributed by atoms with Gasteiger partial charge in [-0.15, -0.1) is 0 Å². The van der Waals surface area contributed by atoms with E-state index in [1.165, 1.54) is 5.56 Å². The number of hydrogen-bond acceptors (Lipinski definition) is 4. The first-order valence-electron chi connectivity index (χ1n) is 13.1. The summed E-state index contributed by atoms with van der Waals surface area (Å²) in [5.41, 5.74) is 3.91. The van der Waals surface area contributed by atoms with Crippen molar-refractivity contribution < 1.29 is 9.59 Å². The minimum absolute atomic E-state index is 0.00866. The van der Waals surface area contributed by atoms with Gasteiger partial charge < -0.3 is 15.5 Å². The summed E-state index contributed by atoms with van der Waals surface area (Å²) in [6.45, 7) is 0.726. The number of pyridine rings is 1. The third-order valence-corrected chi connectivity index (χ3v) is 8.19. The largest absolute Gasteiger partial charge is 0.376 e. The molecule has 0 bridgehead atoms. The Kier molecular flexibility index (Phi) is 6.18. The molecule has 3 heterocycles. The zero-order valence-electron chi connectivity index (χ0n) is 20.3. The quantitative estimate of drug-likeness (QED) is 0.543. The second kappa shape index (κ2) is 9.76. The number of anilines is 1. The van der Waals surface area contributed by atoms with Crippen LogP contribution in [0.25, 0.3) is 0 Å². The lowest BCUT2D eigenvalue weighted by atomic mass is 9.80. The number of benzene rings is 2. The van der Waals surface area contributed by atoms with Gasteiger partial charge in [0.15, 0.2) is 0 Å². The van der Waals surface area contributed by atoms with Crippen molar-refractivity contribution in [1.29, 1.82) is 0 Å². The number of likely N-dealkylation sites (tertiary alicyclic amines) is 1. The standard InChI is InChI=1S/C30H32N4O2/c35-29(20-10-2-1-3-11-20)33-25-15-7-5-13-22(25)30(36)34-19-17-23-27(26-16-8-9-18-31-26)32-24-14-6-4-12-21(24)28(23)34/h1-4,6,8-12,14,16,18,22-23,25,27-28,32H,5,7,13,15,17,19H2,(H,33,35)/t22-,23+,25?,27+,28-/m0/s1. The highest BCUT2D eigenvalue weighted by Crippen LogP contribution is 2.51. The lowest BCUT2D eigenvalue weighted by Gasteiger charge is -2.41. The Morgan fingerprint density at radius 2 is 1.67 bits per heavy atom. The highest BCUT2D eigenvalue weighted by Gasteiger charge is 2.48. The molecular formula is C30H32N4O2. The van der Waals surface area contributed by atoms with Crippen LogP contribution in [0.3, 0.4) is 0 Å². The molecule has 0 radical (unpaired) electrons. The fourth-order valence-corrected chi connectivity index (χ4v) is 6.48. The van der Waals surface area contributed by atoms with E-state index in [9.17, 15) is 9.59 Å². The number of fused-ring (bicyclic) bond motifs is 3. The number of carbonyl (C=O) groups excluding carboxylic acids is 2. The molecule has 1 unspecified atom stereocenters. The fourth-order valence-electron chi connectivity index (χ4n) is 6.48. The number of hydrogen-bond donors (Lipinski definition) is 2. The average Bonchev–Trinajstić information content (AvgIpc) is 3.39. The van der Waals surface area contributed by atoms with Crippen LogP contribution in [0, 0.1) is 11.8 Å². The molecule has 1 aliphatic carbocycles. The maximum atomic E-state index is 14.2. The van der Waals surface area contributed by atoms with Crippen LogP contribution in [0.4, 0.5) is 5.69 Å². The predicted molar refractivity (Wildman–Crippen MR) is 139 cm³/mol. The number of nitrogens with one attached hydrogen (secondary N) is 2. The van der Waals surface area contributed by atoms with Crippen molar-refractivity contribution in [1.82, 2.24) is 15.2 Å². The zero-order valence-corrected chi connectivity index (χ0v) is 20.3. The average molecular weight is 481 g/mol. The number of amides is 2. The van der Waals surface area contributed by atoms with Gasteiger partial charge in [0.25, 0.3) is 5.91 Å². The maximum Gasteiger partial charge on any atom is 0.251 e. The summed E-state index contributed by atoms with van der Waals surface area (Å²) < 4.78 is 0. The number of nitrogens with zero attached hydrogens (tertiary/aromatic N) is 2. The van der Waals surface area contributed by atoms with E-state index in [1.807, 2.05) is 54.7 Å². The molecule has 36 heavy (non-hydrogen) atoms. The number of rotatable bonds is 4. The molecule has 0 spiro atoms. The first-order valence-corrected chi connectivity index (χ1v) is 13.1. The summed E-state index contributed by atoms with van der Waals surface area (Å²) in [5.74, 6) is 0.138. The molecule has 3 aliphatic rings. The van der Waals surface area contributed by atoms with Gasteiger partial charge in [0.05, 0.1) is 23.7 Å². The van der Waals surface area contributed by atoms with E-state index >= 15 is 0 Å². The van der Waals surface area contributed by atoms with E-state index in [2.05, 4.69) is 44.8 Å². The van der Waals surface area contributed by atoms with E-state index in [-0.39, 0.29) is 41.8 Å². The van der Waals surface area contributed by atoms with Gasteiger partial charge in [0.2, 0.25) is 5.91 Å². The van der Waals surface area contributed by atoms with Crippen LogP contribution in [0.15, 0.2) is 79.0 Å². The van der Waals surface area contributed by atoms with E-state index < -0.39 is 0 Å². The van der Waals surface area contributed by atoms with Crippen LogP contribution in [-0.2, 0) is 4.79 Å². The number of carbonyl (C=O) groups is 2. The Bertz CT molecular complexity index is 1230. The van der Waals surface area contributed by atoms with E-state index in [4.69, 9.17) is 0 Å². The van der Waals surface area contributed by atoms with Gasteiger partial charge in [-0.1, -0.05) is 55.3 Å². The van der Waals surface area contributed by atoms with E-state index in [1.54, 1.807) is 0 Å². The summed E-state index contributed by atoms with van der Waals surface area (Å²) in [7, 11) is 0.